The maximum absolute atomic E-state index is 10.9. The summed E-state index contributed by atoms with van der Waals surface area (Å²) in [6, 6.07) is 3.81. The van der Waals surface area contributed by atoms with E-state index in [1.807, 2.05) is 32.9 Å². The summed E-state index contributed by atoms with van der Waals surface area (Å²) in [6.07, 6.45) is 1.48. The van der Waals surface area contributed by atoms with Crippen molar-refractivity contribution in [3.63, 3.8) is 0 Å². The number of aldehydes is 1. The van der Waals surface area contributed by atoms with Crippen LogP contribution in [0, 0.1) is 0 Å². The van der Waals surface area contributed by atoms with Gasteiger partial charge in [0.25, 0.3) is 0 Å². The largest absolute Gasteiger partial charge is 0.507 e. The molecule has 0 unspecified atom stereocenters. The molecule has 0 atom stereocenters. The number of phenolic OH excluding ortho intramolecular Hbond substituents is 1. The average Bonchev–Trinajstić information content (AvgIpc) is 2.17. The van der Waals surface area contributed by atoms with E-state index in [4.69, 9.17) is 0 Å². The molecule has 1 N–H and O–H groups in total. The first-order chi connectivity index (χ1) is 6.61. The van der Waals surface area contributed by atoms with Crippen molar-refractivity contribution in [2.75, 3.05) is 0 Å². The summed E-state index contributed by atoms with van der Waals surface area (Å²) in [6.45, 7) is 5.97. The van der Waals surface area contributed by atoms with Gasteiger partial charge in [-0.15, -0.1) is 0 Å². The van der Waals surface area contributed by atoms with Crippen LogP contribution in [0.25, 0.3) is 0 Å². The Kier molecular flexibility index (Phi) is 3.28. The van der Waals surface area contributed by atoms with Gasteiger partial charge in [-0.05, 0) is 23.5 Å². The maximum atomic E-state index is 10.9. The molecule has 0 heterocycles. The van der Waals surface area contributed by atoms with E-state index in [-0.39, 0.29) is 11.7 Å². The number of benzene rings is 1. The van der Waals surface area contributed by atoms with Crippen molar-refractivity contribution in [3.05, 3.63) is 28.8 Å². The van der Waals surface area contributed by atoms with Gasteiger partial charge in [0.1, 0.15) is 5.75 Å². The Hall–Kier alpha value is -1.31. The highest BCUT2D eigenvalue weighted by Gasteiger charge is 2.12. The van der Waals surface area contributed by atoms with Crippen molar-refractivity contribution in [1.29, 1.82) is 0 Å². The minimum atomic E-state index is 0.147. The zero-order valence-corrected chi connectivity index (χ0v) is 8.87. The lowest BCUT2D eigenvalue weighted by molar-refractivity contribution is 0.111. The van der Waals surface area contributed by atoms with Crippen LogP contribution in [0.1, 0.15) is 48.2 Å². The lowest BCUT2D eigenvalue weighted by atomic mass is 9.94. The number of phenols is 1. The molecule has 1 rings (SSSR count). The summed E-state index contributed by atoms with van der Waals surface area (Å²) >= 11 is 0. The fourth-order valence-corrected chi connectivity index (χ4v) is 1.58. The molecule has 2 nitrogen and oxygen atoms in total. The van der Waals surface area contributed by atoms with Crippen LogP contribution in [-0.2, 0) is 6.42 Å². The van der Waals surface area contributed by atoms with Crippen LogP contribution in [0.4, 0.5) is 0 Å². The third-order valence-electron chi connectivity index (χ3n) is 2.46. The van der Waals surface area contributed by atoms with Crippen LogP contribution >= 0.6 is 0 Å². The predicted octanol–water partition coefficient (Wildman–Crippen LogP) is 2.89. The van der Waals surface area contributed by atoms with Crippen molar-refractivity contribution >= 4 is 6.29 Å². The normalized spacial score (nSPS) is 10.6. The second-order valence-corrected chi connectivity index (χ2v) is 3.70. The van der Waals surface area contributed by atoms with Gasteiger partial charge >= 0.3 is 0 Å². The minimum Gasteiger partial charge on any atom is -0.507 e. The number of aromatic hydroxyl groups is 1. The van der Waals surface area contributed by atoms with Gasteiger partial charge in [0.2, 0.25) is 0 Å². The monoisotopic (exact) mass is 192 g/mol. The summed E-state index contributed by atoms with van der Waals surface area (Å²) in [5.41, 5.74) is 2.19. The Bertz CT molecular complexity index is 340. The molecule has 0 aliphatic carbocycles. The van der Waals surface area contributed by atoms with Crippen LogP contribution in [0.2, 0.25) is 0 Å². The van der Waals surface area contributed by atoms with Gasteiger partial charge in [-0.1, -0.05) is 32.9 Å². The van der Waals surface area contributed by atoms with Crippen LogP contribution in [-0.4, -0.2) is 11.4 Å². The van der Waals surface area contributed by atoms with Crippen LogP contribution < -0.4 is 0 Å². The molecule has 0 bridgehead atoms. The summed E-state index contributed by atoms with van der Waals surface area (Å²) < 4.78 is 0. The second kappa shape index (κ2) is 4.27. The highest BCUT2D eigenvalue weighted by molar-refractivity contribution is 5.82. The Morgan fingerprint density at radius 2 is 2.07 bits per heavy atom. The first kappa shape index (κ1) is 10.8. The van der Waals surface area contributed by atoms with Gasteiger partial charge in [0.05, 0.1) is 5.56 Å². The Labute approximate surface area is 84.6 Å². The molecule has 0 saturated heterocycles. The lowest BCUT2D eigenvalue weighted by Gasteiger charge is -2.12. The molecule has 2 heteroatoms. The molecular formula is C12H16O2. The zero-order chi connectivity index (χ0) is 10.7. The number of hydrogen-bond acceptors (Lipinski definition) is 2. The van der Waals surface area contributed by atoms with Crippen molar-refractivity contribution < 1.29 is 9.90 Å². The SMILES string of the molecule is CCc1ccc(C(C)C)c(C=O)c1O. The third-order valence-corrected chi connectivity index (χ3v) is 2.46. The summed E-state index contributed by atoms with van der Waals surface area (Å²) in [5.74, 6) is 0.403. The highest BCUT2D eigenvalue weighted by atomic mass is 16.3. The number of carbonyl (C=O) groups is 1. The molecule has 76 valence electrons. The molecule has 0 amide bonds. The Morgan fingerprint density at radius 1 is 1.43 bits per heavy atom. The van der Waals surface area contributed by atoms with Gasteiger partial charge < -0.3 is 5.11 Å². The summed E-state index contributed by atoms with van der Waals surface area (Å²) in [7, 11) is 0. The van der Waals surface area contributed by atoms with E-state index in [0.717, 1.165) is 23.8 Å². The average molecular weight is 192 g/mol. The van der Waals surface area contributed by atoms with Crippen LogP contribution in [0.3, 0.4) is 0 Å². The number of carbonyl (C=O) groups excluding carboxylic acids is 1. The van der Waals surface area contributed by atoms with E-state index in [0.29, 0.717) is 5.56 Å². The first-order valence-electron chi connectivity index (χ1n) is 4.91. The Balaban J connectivity index is 3.35. The van der Waals surface area contributed by atoms with Crippen molar-refractivity contribution in [2.24, 2.45) is 0 Å². The quantitative estimate of drug-likeness (QED) is 0.748. The summed E-state index contributed by atoms with van der Waals surface area (Å²) in [5, 5.41) is 9.79. The van der Waals surface area contributed by atoms with Crippen LogP contribution in [0.5, 0.6) is 5.75 Å². The van der Waals surface area contributed by atoms with E-state index in [1.54, 1.807) is 0 Å². The molecular weight excluding hydrogens is 176 g/mol. The van der Waals surface area contributed by atoms with Crippen molar-refractivity contribution in [3.8, 4) is 5.75 Å². The fraction of sp³-hybridized carbons (Fsp3) is 0.417. The van der Waals surface area contributed by atoms with E-state index in [1.165, 1.54) is 0 Å². The predicted molar refractivity (Wildman–Crippen MR) is 57.0 cm³/mol. The molecule has 0 radical (unpaired) electrons. The standard InChI is InChI=1S/C12H16O2/c1-4-9-5-6-10(8(2)3)11(7-13)12(9)14/h5-8,14H,4H2,1-3H3. The van der Waals surface area contributed by atoms with E-state index in [9.17, 15) is 9.90 Å². The van der Waals surface area contributed by atoms with E-state index >= 15 is 0 Å². The first-order valence-corrected chi connectivity index (χ1v) is 4.91. The highest BCUT2D eigenvalue weighted by Crippen LogP contribution is 2.29. The molecule has 1 aromatic carbocycles. The lowest BCUT2D eigenvalue weighted by Crippen LogP contribution is -1.98. The smallest absolute Gasteiger partial charge is 0.154 e. The van der Waals surface area contributed by atoms with Gasteiger partial charge in [-0.3, -0.25) is 4.79 Å². The number of rotatable bonds is 3. The topological polar surface area (TPSA) is 37.3 Å². The third kappa shape index (κ3) is 1.79. The van der Waals surface area contributed by atoms with Crippen molar-refractivity contribution in [1.82, 2.24) is 0 Å². The molecule has 0 aromatic heterocycles. The molecule has 0 saturated carbocycles. The second-order valence-electron chi connectivity index (χ2n) is 3.70. The van der Waals surface area contributed by atoms with Crippen LogP contribution in [0.15, 0.2) is 12.1 Å². The number of hydrogen-bond donors (Lipinski definition) is 1. The molecule has 0 aliphatic heterocycles. The van der Waals surface area contributed by atoms with Crippen molar-refractivity contribution in [2.45, 2.75) is 33.1 Å². The number of aryl methyl sites for hydroxylation is 1. The molecule has 0 aliphatic rings. The molecule has 1 aromatic rings. The van der Waals surface area contributed by atoms with Gasteiger partial charge in [0.15, 0.2) is 6.29 Å². The fourth-order valence-electron chi connectivity index (χ4n) is 1.58. The van der Waals surface area contributed by atoms with Gasteiger partial charge in [-0.2, -0.15) is 0 Å². The zero-order valence-electron chi connectivity index (χ0n) is 8.87. The van der Waals surface area contributed by atoms with Gasteiger partial charge in [0, 0.05) is 0 Å². The van der Waals surface area contributed by atoms with E-state index < -0.39 is 0 Å². The Morgan fingerprint density at radius 3 is 2.50 bits per heavy atom. The summed E-state index contributed by atoms with van der Waals surface area (Å²) in [4.78, 5) is 10.9. The molecule has 0 spiro atoms. The minimum absolute atomic E-state index is 0.147. The molecule has 0 fully saturated rings. The van der Waals surface area contributed by atoms with Gasteiger partial charge in [-0.25, -0.2) is 0 Å². The van der Waals surface area contributed by atoms with E-state index in [2.05, 4.69) is 0 Å². The molecule has 14 heavy (non-hydrogen) atoms. The maximum Gasteiger partial charge on any atom is 0.154 e.